The maximum atomic E-state index is 10.6. The summed E-state index contributed by atoms with van der Waals surface area (Å²) in [7, 11) is 0. The van der Waals surface area contributed by atoms with E-state index in [1.807, 2.05) is 0 Å². The van der Waals surface area contributed by atoms with Crippen molar-refractivity contribution in [2.45, 2.75) is 0 Å². The lowest BCUT2D eigenvalue weighted by Crippen LogP contribution is -2.10. The third kappa shape index (κ3) is 2.84. The number of aldehydes is 1. The molecule has 0 aliphatic carbocycles. The molecule has 6 heteroatoms. The minimum atomic E-state index is -1.16. The number of hydrogen-bond acceptors (Lipinski definition) is 3. The van der Waals surface area contributed by atoms with Gasteiger partial charge in [0.2, 0.25) is 0 Å². The molecule has 0 fully saturated rings. The van der Waals surface area contributed by atoms with Crippen LogP contribution in [-0.4, -0.2) is 24.0 Å². The fraction of sp³-hybridized carbons (Fsp3) is 0.111. The number of carbonyl (C=O) groups is 2. The van der Waals surface area contributed by atoms with E-state index in [1.165, 1.54) is 12.1 Å². The van der Waals surface area contributed by atoms with Gasteiger partial charge in [-0.3, -0.25) is 4.79 Å². The molecule has 0 unspecified atom stereocenters. The Balaban J connectivity index is 3.06. The third-order valence-electron chi connectivity index (χ3n) is 1.55. The van der Waals surface area contributed by atoms with Crippen molar-refractivity contribution in [3.8, 4) is 5.75 Å². The van der Waals surface area contributed by atoms with Crippen molar-refractivity contribution in [3.63, 3.8) is 0 Å². The van der Waals surface area contributed by atoms with Crippen LogP contribution in [0.5, 0.6) is 5.75 Å². The van der Waals surface area contributed by atoms with Gasteiger partial charge < -0.3 is 9.84 Å². The first-order valence-corrected chi connectivity index (χ1v) is 4.59. The second-order valence-corrected chi connectivity index (χ2v) is 3.37. The van der Waals surface area contributed by atoms with Crippen LogP contribution in [0.4, 0.5) is 0 Å². The van der Waals surface area contributed by atoms with Crippen LogP contribution in [0.25, 0.3) is 0 Å². The van der Waals surface area contributed by atoms with Gasteiger partial charge in [-0.25, -0.2) is 4.79 Å². The highest BCUT2D eigenvalue weighted by Gasteiger charge is 2.12. The summed E-state index contributed by atoms with van der Waals surface area (Å²) in [4.78, 5) is 20.9. The first-order valence-electron chi connectivity index (χ1n) is 3.84. The lowest BCUT2D eigenvalue weighted by atomic mass is 10.2. The lowest BCUT2D eigenvalue weighted by Gasteiger charge is -2.08. The number of aliphatic carboxylic acids is 1. The second-order valence-electron chi connectivity index (χ2n) is 2.58. The Labute approximate surface area is 95.4 Å². The molecule has 0 radical (unpaired) electrons. The highest BCUT2D eigenvalue weighted by atomic mass is 35.5. The standard InChI is InChI=1S/C9H6Cl2O4/c10-6-2-1-5(3-12)9(8(6)11)15-4-7(13)14/h1-3H,4H2,(H,13,14). The van der Waals surface area contributed by atoms with Crippen molar-refractivity contribution in [3.05, 3.63) is 27.7 Å². The minimum absolute atomic E-state index is 0.0124. The van der Waals surface area contributed by atoms with Gasteiger partial charge in [-0.2, -0.15) is 0 Å². The number of hydrogen-bond donors (Lipinski definition) is 1. The van der Waals surface area contributed by atoms with Crippen LogP contribution in [0.3, 0.4) is 0 Å². The fourth-order valence-corrected chi connectivity index (χ4v) is 1.30. The Morgan fingerprint density at radius 1 is 1.47 bits per heavy atom. The van der Waals surface area contributed by atoms with Crippen LogP contribution in [0.2, 0.25) is 10.0 Å². The predicted molar refractivity (Wildman–Crippen MR) is 55.0 cm³/mol. The molecular formula is C9H6Cl2O4. The zero-order valence-electron chi connectivity index (χ0n) is 7.37. The van der Waals surface area contributed by atoms with Gasteiger partial charge in [0.05, 0.1) is 10.6 Å². The maximum Gasteiger partial charge on any atom is 0.341 e. The van der Waals surface area contributed by atoms with E-state index < -0.39 is 12.6 Å². The molecule has 1 N–H and O–H groups in total. The Kier molecular flexibility index (Phi) is 3.94. The van der Waals surface area contributed by atoms with E-state index >= 15 is 0 Å². The molecule has 0 heterocycles. The molecule has 0 bridgehead atoms. The van der Waals surface area contributed by atoms with Gasteiger partial charge in [-0.05, 0) is 12.1 Å². The van der Waals surface area contributed by atoms with E-state index in [9.17, 15) is 9.59 Å². The molecule has 80 valence electrons. The molecule has 4 nitrogen and oxygen atoms in total. The maximum absolute atomic E-state index is 10.6. The fourth-order valence-electron chi connectivity index (χ4n) is 0.920. The van der Waals surface area contributed by atoms with Crippen LogP contribution in [0.15, 0.2) is 12.1 Å². The second kappa shape index (κ2) is 5.00. The third-order valence-corrected chi connectivity index (χ3v) is 2.33. The van der Waals surface area contributed by atoms with Gasteiger partial charge in [0.1, 0.15) is 5.02 Å². The molecule has 15 heavy (non-hydrogen) atoms. The number of rotatable bonds is 4. The Bertz CT molecular complexity index is 403. The summed E-state index contributed by atoms with van der Waals surface area (Å²) < 4.78 is 4.85. The van der Waals surface area contributed by atoms with Crippen LogP contribution in [0, 0.1) is 0 Å². The van der Waals surface area contributed by atoms with Gasteiger partial charge in [0, 0.05) is 0 Å². The Morgan fingerprint density at radius 2 is 2.13 bits per heavy atom. The molecule has 0 saturated heterocycles. The lowest BCUT2D eigenvalue weighted by molar-refractivity contribution is -0.139. The summed E-state index contributed by atoms with van der Waals surface area (Å²) in [5.41, 5.74) is 0.158. The molecular weight excluding hydrogens is 243 g/mol. The van der Waals surface area contributed by atoms with E-state index in [0.717, 1.165) is 0 Å². The quantitative estimate of drug-likeness (QED) is 0.831. The Hall–Kier alpha value is -1.26. The van der Waals surface area contributed by atoms with Gasteiger partial charge in [0.15, 0.2) is 18.6 Å². The number of carbonyl (C=O) groups excluding carboxylic acids is 1. The van der Waals surface area contributed by atoms with E-state index in [4.69, 9.17) is 33.0 Å². The molecule has 0 saturated carbocycles. The summed E-state index contributed by atoms with van der Waals surface area (Å²) in [6, 6.07) is 2.83. The van der Waals surface area contributed by atoms with E-state index in [0.29, 0.717) is 6.29 Å². The molecule has 0 aromatic heterocycles. The smallest absolute Gasteiger partial charge is 0.341 e. The van der Waals surface area contributed by atoms with Crippen LogP contribution in [0.1, 0.15) is 10.4 Å². The first-order chi connectivity index (χ1) is 7.06. The summed E-state index contributed by atoms with van der Waals surface area (Å²) in [5, 5.41) is 8.64. The number of ether oxygens (including phenoxy) is 1. The summed E-state index contributed by atoms with van der Waals surface area (Å²) >= 11 is 11.4. The monoisotopic (exact) mass is 248 g/mol. The zero-order chi connectivity index (χ0) is 11.4. The molecule has 1 rings (SSSR count). The topological polar surface area (TPSA) is 63.6 Å². The van der Waals surface area contributed by atoms with E-state index in [1.54, 1.807) is 0 Å². The van der Waals surface area contributed by atoms with Crippen molar-refractivity contribution >= 4 is 35.5 Å². The molecule has 0 atom stereocenters. The van der Waals surface area contributed by atoms with Gasteiger partial charge in [-0.15, -0.1) is 0 Å². The molecule has 0 amide bonds. The predicted octanol–water partition coefficient (Wildman–Crippen LogP) is 2.27. The number of benzene rings is 1. The highest BCUT2D eigenvalue weighted by Crippen LogP contribution is 2.34. The zero-order valence-corrected chi connectivity index (χ0v) is 8.88. The van der Waals surface area contributed by atoms with Crippen molar-refractivity contribution in [2.24, 2.45) is 0 Å². The number of carboxylic acid groups (broad SMARTS) is 1. The number of halogens is 2. The summed E-state index contributed by atoms with van der Waals surface area (Å²) in [6.07, 6.45) is 0.513. The largest absolute Gasteiger partial charge is 0.480 e. The number of carboxylic acids is 1. The highest BCUT2D eigenvalue weighted by molar-refractivity contribution is 6.43. The van der Waals surface area contributed by atoms with Gasteiger partial charge in [0.25, 0.3) is 0 Å². The average Bonchev–Trinajstić information content (AvgIpc) is 2.20. The Morgan fingerprint density at radius 3 is 2.67 bits per heavy atom. The van der Waals surface area contributed by atoms with Crippen molar-refractivity contribution in [1.29, 1.82) is 0 Å². The normalized spacial score (nSPS) is 9.73. The SMILES string of the molecule is O=Cc1ccc(Cl)c(Cl)c1OCC(=O)O. The molecule has 1 aromatic carbocycles. The average molecular weight is 249 g/mol. The summed E-state index contributed by atoms with van der Waals surface area (Å²) in [5.74, 6) is -1.18. The van der Waals surface area contributed by atoms with Crippen LogP contribution >= 0.6 is 23.2 Å². The van der Waals surface area contributed by atoms with E-state index in [2.05, 4.69) is 0 Å². The van der Waals surface area contributed by atoms with Crippen LogP contribution < -0.4 is 4.74 Å². The van der Waals surface area contributed by atoms with Crippen molar-refractivity contribution < 1.29 is 19.4 Å². The first kappa shape index (κ1) is 11.8. The summed E-state index contributed by atoms with van der Waals surface area (Å²) in [6.45, 7) is -0.582. The van der Waals surface area contributed by atoms with Crippen LogP contribution in [-0.2, 0) is 4.79 Å². The van der Waals surface area contributed by atoms with Crippen molar-refractivity contribution in [2.75, 3.05) is 6.61 Å². The van der Waals surface area contributed by atoms with Gasteiger partial charge in [-0.1, -0.05) is 23.2 Å². The molecule has 0 spiro atoms. The molecule has 1 aromatic rings. The van der Waals surface area contributed by atoms with Gasteiger partial charge >= 0.3 is 5.97 Å². The minimum Gasteiger partial charge on any atom is -0.480 e. The molecule has 0 aliphatic rings. The molecule has 0 aliphatic heterocycles. The van der Waals surface area contributed by atoms with Crippen molar-refractivity contribution in [1.82, 2.24) is 0 Å². The van der Waals surface area contributed by atoms with E-state index in [-0.39, 0.29) is 21.4 Å².